The molecule has 0 amide bonds. The fourth-order valence-corrected chi connectivity index (χ4v) is 1.17. The Morgan fingerprint density at radius 1 is 1.46 bits per heavy atom. The Morgan fingerprint density at radius 2 is 2.31 bits per heavy atom. The normalized spacial score (nSPS) is 10.5. The summed E-state index contributed by atoms with van der Waals surface area (Å²) >= 11 is 5.73. The second kappa shape index (κ2) is 3.10. The number of anilines is 1. The van der Waals surface area contributed by atoms with Crippen molar-refractivity contribution >= 4 is 17.4 Å². The molecule has 0 aromatic carbocycles. The molecule has 0 bridgehead atoms. The standard InChI is InChI=1S/C7H8ClN5/c8-6-4-13(11-7(6)9)5-12-3-1-2-10-12/h1-4H,5H2,(H2,9,11). The van der Waals surface area contributed by atoms with Crippen LogP contribution in [-0.2, 0) is 6.67 Å². The van der Waals surface area contributed by atoms with E-state index in [1.165, 1.54) is 0 Å². The lowest BCUT2D eigenvalue weighted by Gasteiger charge is -1.99. The molecule has 0 spiro atoms. The summed E-state index contributed by atoms with van der Waals surface area (Å²) in [6.45, 7) is 0.518. The number of hydrogen-bond acceptors (Lipinski definition) is 3. The summed E-state index contributed by atoms with van der Waals surface area (Å²) in [6.07, 6.45) is 5.21. The molecule has 2 rings (SSSR count). The largest absolute Gasteiger partial charge is 0.381 e. The van der Waals surface area contributed by atoms with Gasteiger partial charge in [0.25, 0.3) is 0 Å². The van der Waals surface area contributed by atoms with E-state index in [1.54, 1.807) is 21.8 Å². The Bertz CT molecular complexity index is 371. The van der Waals surface area contributed by atoms with E-state index in [2.05, 4.69) is 10.2 Å². The van der Waals surface area contributed by atoms with Gasteiger partial charge in [0.15, 0.2) is 5.82 Å². The number of halogens is 1. The fourth-order valence-electron chi connectivity index (χ4n) is 1.02. The highest BCUT2D eigenvalue weighted by atomic mass is 35.5. The lowest BCUT2D eigenvalue weighted by atomic mass is 10.7. The van der Waals surface area contributed by atoms with Gasteiger partial charge in [-0.15, -0.1) is 0 Å². The average Bonchev–Trinajstić information content (AvgIpc) is 2.64. The van der Waals surface area contributed by atoms with Crippen molar-refractivity contribution in [3.63, 3.8) is 0 Å². The van der Waals surface area contributed by atoms with E-state index in [-0.39, 0.29) is 0 Å². The number of nitrogens with two attached hydrogens (primary N) is 1. The molecule has 2 N–H and O–H groups in total. The topological polar surface area (TPSA) is 61.7 Å². The molecule has 13 heavy (non-hydrogen) atoms. The maximum absolute atomic E-state index is 5.73. The summed E-state index contributed by atoms with van der Waals surface area (Å²) in [4.78, 5) is 0. The Balaban J connectivity index is 2.19. The van der Waals surface area contributed by atoms with Gasteiger partial charge < -0.3 is 5.73 Å². The van der Waals surface area contributed by atoms with Gasteiger partial charge in [-0.1, -0.05) is 11.6 Å². The van der Waals surface area contributed by atoms with Gasteiger partial charge in [-0.25, -0.2) is 4.68 Å². The predicted octanol–water partition coefficient (Wildman–Crippen LogP) is 0.821. The monoisotopic (exact) mass is 197 g/mol. The second-order valence-electron chi connectivity index (χ2n) is 2.59. The summed E-state index contributed by atoms with van der Waals surface area (Å²) in [5, 5.41) is 8.47. The van der Waals surface area contributed by atoms with Crippen LogP contribution in [0.4, 0.5) is 5.82 Å². The Hall–Kier alpha value is -1.49. The third-order valence-electron chi connectivity index (χ3n) is 1.59. The molecule has 0 aliphatic carbocycles. The minimum absolute atomic E-state index is 0.342. The maximum Gasteiger partial charge on any atom is 0.164 e. The van der Waals surface area contributed by atoms with Crippen molar-refractivity contribution in [2.75, 3.05) is 5.73 Å². The zero-order chi connectivity index (χ0) is 9.26. The molecule has 0 radical (unpaired) electrons. The first-order valence-electron chi connectivity index (χ1n) is 3.71. The van der Waals surface area contributed by atoms with Crippen LogP contribution in [0.5, 0.6) is 0 Å². The fraction of sp³-hybridized carbons (Fsp3) is 0.143. The van der Waals surface area contributed by atoms with Crippen LogP contribution < -0.4 is 5.73 Å². The van der Waals surface area contributed by atoms with E-state index < -0.39 is 0 Å². The maximum atomic E-state index is 5.73. The van der Waals surface area contributed by atoms with Crippen LogP contribution in [0.2, 0.25) is 5.02 Å². The van der Waals surface area contributed by atoms with Gasteiger partial charge in [-0.2, -0.15) is 10.2 Å². The van der Waals surface area contributed by atoms with E-state index in [1.807, 2.05) is 12.3 Å². The molecule has 2 aromatic rings. The Morgan fingerprint density at radius 3 is 2.85 bits per heavy atom. The summed E-state index contributed by atoms with van der Waals surface area (Å²) in [5.41, 5.74) is 5.48. The Labute approximate surface area is 79.7 Å². The van der Waals surface area contributed by atoms with E-state index in [4.69, 9.17) is 17.3 Å². The molecule has 0 saturated heterocycles. The number of hydrogen-bond donors (Lipinski definition) is 1. The van der Waals surface area contributed by atoms with E-state index in [9.17, 15) is 0 Å². The van der Waals surface area contributed by atoms with Crippen molar-refractivity contribution in [1.82, 2.24) is 19.6 Å². The van der Waals surface area contributed by atoms with Crippen molar-refractivity contribution in [1.29, 1.82) is 0 Å². The molecular weight excluding hydrogens is 190 g/mol. The van der Waals surface area contributed by atoms with Gasteiger partial charge >= 0.3 is 0 Å². The van der Waals surface area contributed by atoms with Crippen LogP contribution in [0, 0.1) is 0 Å². The molecule has 2 aromatic heterocycles. The van der Waals surface area contributed by atoms with Crippen LogP contribution in [0.15, 0.2) is 24.7 Å². The van der Waals surface area contributed by atoms with E-state index >= 15 is 0 Å². The van der Waals surface area contributed by atoms with Crippen LogP contribution in [0.1, 0.15) is 0 Å². The molecule has 0 fully saturated rings. The molecule has 2 heterocycles. The molecule has 0 aliphatic rings. The van der Waals surface area contributed by atoms with Crippen molar-refractivity contribution < 1.29 is 0 Å². The molecule has 0 saturated carbocycles. The van der Waals surface area contributed by atoms with Crippen molar-refractivity contribution in [3.8, 4) is 0 Å². The van der Waals surface area contributed by atoms with Crippen LogP contribution in [0.25, 0.3) is 0 Å². The molecule has 6 heteroatoms. The van der Waals surface area contributed by atoms with E-state index in [0.717, 1.165) is 0 Å². The predicted molar refractivity (Wildman–Crippen MR) is 49.3 cm³/mol. The quantitative estimate of drug-likeness (QED) is 0.776. The average molecular weight is 198 g/mol. The molecular formula is C7H8ClN5. The van der Waals surface area contributed by atoms with Gasteiger partial charge in [-0.3, -0.25) is 4.68 Å². The lowest BCUT2D eigenvalue weighted by Crippen LogP contribution is -2.08. The van der Waals surface area contributed by atoms with Crippen molar-refractivity contribution in [2.45, 2.75) is 6.67 Å². The molecule has 68 valence electrons. The van der Waals surface area contributed by atoms with Crippen LogP contribution >= 0.6 is 11.6 Å². The third-order valence-corrected chi connectivity index (χ3v) is 1.88. The highest BCUT2D eigenvalue weighted by Gasteiger charge is 2.02. The third kappa shape index (κ3) is 1.65. The van der Waals surface area contributed by atoms with Crippen molar-refractivity contribution in [3.05, 3.63) is 29.7 Å². The number of nitrogens with zero attached hydrogens (tertiary/aromatic N) is 4. The van der Waals surface area contributed by atoms with E-state index in [0.29, 0.717) is 17.5 Å². The summed E-state index contributed by atoms with van der Waals surface area (Å²) < 4.78 is 3.35. The first-order chi connectivity index (χ1) is 6.25. The smallest absolute Gasteiger partial charge is 0.164 e. The first kappa shape index (κ1) is 8.12. The molecule has 0 aliphatic heterocycles. The Kier molecular flexibility index (Phi) is 1.94. The van der Waals surface area contributed by atoms with Crippen LogP contribution in [0.3, 0.4) is 0 Å². The van der Waals surface area contributed by atoms with Gasteiger partial charge in [0.1, 0.15) is 11.7 Å². The molecule has 5 nitrogen and oxygen atoms in total. The van der Waals surface area contributed by atoms with Crippen LogP contribution in [-0.4, -0.2) is 19.6 Å². The van der Waals surface area contributed by atoms with Gasteiger partial charge in [0.05, 0.1) is 0 Å². The summed E-state index contributed by atoms with van der Waals surface area (Å²) in [6, 6.07) is 1.84. The highest BCUT2D eigenvalue weighted by Crippen LogP contribution is 2.14. The lowest BCUT2D eigenvalue weighted by molar-refractivity contribution is 0.504. The summed E-state index contributed by atoms with van der Waals surface area (Å²) in [5.74, 6) is 0.342. The molecule has 0 atom stereocenters. The highest BCUT2D eigenvalue weighted by molar-refractivity contribution is 6.32. The zero-order valence-corrected chi connectivity index (χ0v) is 7.52. The van der Waals surface area contributed by atoms with Gasteiger partial charge in [-0.05, 0) is 6.07 Å². The number of rotatable bonds is 2. The van der Waals surface area contributed by atoms with Crippen molar-refractivity contribution in [2.24, 2.45) is 0 Å². The minimum Gasteiger partial charge on any atom is -0.381 e. The van der Waals surface area contributed by atoms with Gasteiger partial charge in [0.2, 0.25) is 0 Å². The SMILES string of the molecule is Nc1nn(Cn2cccn2)cc1Cl. The second-order valence-corrected chi connectivity index (χ2v) is 3.00. The number of aromatic nitrogens is 4. The summed E-state index contributed by atoms with van der Waals surface area (Å²) in [7, 11) is 0. The van der Waals surface area contributed by atoms with Gasteiger partial charge in [0, 0.05) is 18.6 Å². The number of nitrogen functional groups attached to an aromatic ring is 1. The first-order valence-corrected chi connectivity index (χ1v) is 4.09. The zero-order valence-electron chi connectivity index (χ0n) is 6.76. The minimum atomic E-state index is 0.342. The molecule has 0 unspecified atom stereocenters.